The molecule has 0 unspecified atom stereocenters. The number of ketones is 1. The third-order valence-corrected chi connectivity index (χ3v) is 5.73. The molecule has 33 heavy (non-hydrogen) atoms. The predicted octanol–water partition coefficient (Wildman–Crippen LogP) is 8.67. The molecule has 0 fully saturated rings. The Kier molecular flexibility index (Phi) is 13.8. The molecule has 2 aromatic carbocycles. The summed E-state index contributed by atoms with van der Waals surface area (Å²) in [5.74, 6) is 1.69. The first-order valence-electron chi connectivity index (χ1n) is 12.9. The van der Waals surface area contributed by atoms with Crippen molar-refractivity contribution in [1.82, 2.24) is 0 Å². The molecule has 2 rings (SSSR count). The molecule has 0 amide bonds. The van der Waals surface area contributed by atoms with E-state index in [2.05, 4.69) is 13.8 Å². The molecule has 0 aliphatic carbocycles. The molecule has 0 saturated carbocycles. The van der Waals surface area contributed by atoms with Crippen LogP contribution in [-0.2, 0) is 0 Å². The lowest BCUT2D eigenvalue weighted by Gasteiger charge is -2.07. The van der Waals surface area contributed by atoms with E-state index in [1.165, 1.54) is 57.8 Å². The fraction of sp³-hybridized carbons (Fsp3) is 0.500. The summed E-state index contributed by atoms with van der Waals surface area (Å²) in [6.45, 7) is 5.92. The van der Waals surface area contributed by atoms with Crippen LogP contribution in [0.2, 0.25) is 0 Å². The molecule has 0 atom stereocenters. The number of ether oxygens (including phenoxy) is 2. The molecule has 0 bridgehead atoms. The van der Waals surface area contributed by atoms with Gasteiger partial charge in [0.05, 0.1) is 13.2 Å². The lowest BCUT2D eigenvalue weighted by atomic mass is 10.1. The molecule has 180 valence electrons. The number of carbonyl (C=O) groups is 1. The molecule has 0 heterocycles. The molecule has 2 aromatic rings. The Morgan fingerprint density at radius 3 is 1.67 bits per heavy atom. The highest BCUT2D eigenvalue weighted by atomic mass is 16.5. The average molecular weight is 451 g/mol. The van der Waals surface area contributed by atoms with Gasteiger partial charge in [0.15, 0.2) is 5.78 Å². The van der Waals surface area contributed by atoms with Crippen LogP contribution in [0.5, 0.6) is 11.5 Å². The average Bonchev–Trinajstić information content (AvgIpc) is 2.85. The van der Waals surface area contributed by atoms with Gasteiger partial charge in [0.25, 0.3) is 0 Å². The van der Waals surface area contributed by atoms with E-state index in [0.29, 0.717) is 5.56 Å². The van der Waals surface area contributed by atoms with Gasteiger partial charge in [-0.25, -0.2) is 0 Å². The number of hydrogen-bond acceptors (Lipinski definition) is 3. The van der Waals surface area contributed by atoms with Crippen LogP contribution in [0, 0.1) is 0 Å². The maximum absolute atomic E-state index is 12.5. The Morgan fingerprint density at radius 2 is 1.09 bits per heavy atom. The Hall–Kier alpha value is -2.55. The van der Waals surface area contributed by atoms with Crippen molar-refractivity contribution in [3.05, 3.63) is 65.7 Å². The molecule has 0 spiro atoms. The van der Waals surface area contributed by atoms with Crippen molar-refractivity contribution in [3.8, 4) is 11.5 Å². The van der Waals surface area contributed by atoms with E-state index < -0.39 is 0 Å². The van der Waals surface area contributed by atoms with Crippen LogP contribution in [0.15, 0.2) is 54.6 Å². The number of unbranched alkanes of at least 4 members (excludes halogenated alkanes) is 9. The van der Waals surface area contributed by atoms with Gasteiger partial charge in [-0.15, -0.1) is 0 Å². The van der Waals surface area contributed by atoms with Crippen molar-refractivity contribution in [2.45, 2.75) is 84.5 Å². The van der Waals surface area contributed by atoms with Crippen LogP contribution in [0.3, 0.4) is 0 Å². The smallest absolute Gasteiger partial charge is 0.185 e. The van der Waals surface area contributed by atoms with Gasteiger partial charge < -0.3 is 9.47 Å². The van der Waals surface area contributed by atoms with Gasteiger partial charge in [-0.2, -0.15) is 0 Å². The lowest BCUT2D eigenvalue weighted by molar-refractivity contribution is 0.104. The molecule has 0 radical (unpaired) electrons. The van der Waals surface area contributed by atoms with Crippen LogP contribution in [0.1, 0.15) is 100 Å². The third-order valence-electron chi connectivity index (χ3n) is 5.73. The SMILES string of the molecule is CCCCCCCCCCOc1ccc(C(=O)/C=C/c2ccc(OCCCCC)cc2)cc1. The second kappa shape index (κ2) is 17.0. The molecule has 0 aliphatic rings. The molecule has 3 nitrogen and oxygen atoms in total. The molecule has 0 aliphatic heterocycles. The molecule has 0 N–H and O–H groups in total. The highest BCUT2D eigenvalue weighted by Gasteiger charge is 2.03. The monoisotopic (exact) mass is 450 g/mol. The summed E-state index contributed by atoms with van der Waals surface area (Å²) in [5.41, 5.74) is 1.65. The summed E-state index contributed by atoms with van der Waals surface area (Å²) in [6, 6.07) is 15.3. The van der Waals surface area contributed by atoms with E-state index in [9.17, 15) is 4.79 Å². The van der Waals surface area contributed by atoms with E-state index >= 15 is 0 Å². The van der Waals surface area contributed by atoms with Gasteiger partial charge in [0.2, 0.25) is 0 Å². The minimum absolute atomic E-state index is 0.00971. The summed E-state index contributed by atoms with van der Waals surface area (Å²) in [7, 11) is 0. The standard InChI is InChI=1S/C30H42O3/c1-3-5-7-8-9-10-11-13-25-33-29-21-17-27(18-22-29)30(31)23-16-26-14-19-28(20-15-26)32-24-12-6-4-2/h14-23H,3-13,24-25H2,1-2H3/b23-16+. The molecule has 0 saturated heterocycles. The van der Waals surface area contributed by atoms with Crippen molar-refractivity contribution in [2.75, 3.05) is 13.2 Å². The van der Waals surface area contributed by atoms with Crippen molar-refractivity contribution < 1.29 is 14.3 Å². The maximum atomic E-state index is 12.5. The van der Waals surface area contributed by atoms with E-state index in [1.54, 1.807) is 6.08 Å². The maximum Gasteiger partial charge on any atom is 0.185 e. The zero-order valence-corrected chi connectivity index (χ0v) is 20.7. The van der Waals surface area contributed by atoms with E-state index in [0.717, 1.165) is 43.1 Å². The first-order valence-corrected chi connectivity index (χ1v) is 12.9. The van der Waals surface area contributed by atoms with Crippen LogP contribution < -0.4 is 9.47 Å². The quantitative estimate of drug-likeness (QED) is 0.129. The summed E-state index contributed by atoms with van der Waals surface area (Å²) in [4.78, 5) is 12.5. The fourth-order valence-corrected chi connectivity index (χ4v) is 3.63. The van der Waals surface area contributed by atoms with Gasteiger partial charge >= 0.3 is 0 Å². The normalized spacial score (nSPS) is 11.1. The van der Waals surface area contributed by atoms with E-state index in [1.807, 2.05) is 54.6 Å². The highest BCUT2D eigenvalue weighted by molar-refractivity contribution is 6.06. The number of carbonyl (C=O) groups excluding carboxylic acids is 1. The fourth-order valence-electron chi connectivity index (χ4n) is 3.63. The van der Waals surface area contributed by atoms with Crippen molar-refractivity contribution >= 4 is 11.9 Å². The Labute approximate surface area is 201 Å². The summed E-state index contributed by atoms with van der Waals surface area (Å²) < 4.78 is 11.6. The van der Waals surface area contributed by atoms with Crippen molar-refractivity contribution in [2.24, 2.45) is 0 Å². The van der Waals surface area contributed by atoms with Crippen molar-refractivity contribution in [3.63, 3.8) is 0 Å². The van der Waals surface area contributed by atoms with Crippen LogP contribution >= 0.6 is 0 Å². The van der Waals surface area contributed by atoms with Gasteiger partial charge in [0.1, 0.15) is 11.5 Å². The Morgan fingerprint density at radius 1 is 0.636 bits per heavy atom. The largest absolute Gasteiger partial charge is 0.494 e. The van der Waals surface area contributed by atoms with Gasteiger partial charge in [0, 0.05) is 5.56 Å². The number of benzene rings is 2. The number of allylic oxidation sites excluding steroid dienone is 1. The molecule has 3 heteroatoms. The molecule has 0 aromatic heterocycles. The Balaban J connectivity index is 1.67. The van der Waals surface area contributed by atoms with Crippen LogP contribution in [-0.4, -0.2) is 19.0 Å². The zero-order valence-electron chi connectivity index (χ0n) is 20.7. The van der Waals surface area contributed by atoms with Crippen LogP contribution in [0.4, 0.5) is 0 Å². The van der Waals surface area contributed by atoms with Gasteiger partial charge in [-0.3, -0.25) is 4.79 Å². The number of hydrogen-bond donors (Lipinski definition) is 0. The zero-order chi connectivity index (χ0) is 23.6. The minimum atomic E-state index is -0.00971. The van der Waals surface area contributed by atoms with E-state index in [-0.39, 0.29) is 5.78 Å². The first kappa shape index (κ1) is 26.7. The predicted molar refractivity (Wildman–Crippen MR) is 139 cm³/mol. The van der Waals surface area contributed by atoms with Gasteiger partial charge in [-0.1, -0.05) is 89.8 Å². The topological polar surface area (TPSA) is 35.5 Å². The lowest BCUT2D eigenvalue weighted by Crippen LogP contribution is -1.99. The highest BCUT2D eigenvalue weighted by Crippen LogP contribution is 2.16. The minimum Gasteiger partial charge on any atom is -0.494 e. The van der Waals surface area contributed by atoms with E-state index in [4.69, 9.17) is 9.47 Å². The second-order valence-corrected chi connectivity index (χ2v) is 8.67. The number of rotatable bonds is 18. The van der Waals surface area contributed by atoms with Crippen LogP contribution in [0.25, 0.3) is 6.08 Å². The second-order valence-electron chi connectivity index (χ2n) is 8.67. The Bertz CT molecular complexity index is 790. The van der Waals surface area contributed by atoms with Crippen molar-refractivity contribution in [1.29, 1.82) is 0 Å². The third kappa shape index (κ3) is 11.8. The summed E-state index contributed by atoms with van der Waals surface area (Å²) in [6.07, 6.45) is 17.2. The first-order chi connectivity index (χ1) is 16.2. The molecular weight excluding hydrogens is 408 g/mol. The molecular formula is C30H42O3. The van der Waals surface area contributed by atoms with Gasteiger partial charge in [-0.05, 0) is 60.9 Å². The summed E-state index contributed by atoms with van der Waals surface area (Å²) in [5, 5.41) is 0. The summed E-state index contributed by atoms with van der Waals surface area (Å²) >= 11 is 0.